The van der Waals surface area contributed by atoms with Gasteiger partial charge in [0.15, 0.2) is 0 Å². The van der Waals surface area contributed by atoms with Crippen molar-refractivity contribution in [2.45, 2.75) is 0 Å². The SMILES string of the molecule is C1=NPCS1. The van der Waals surface area contributed by atoms with E-state index in [0.29, 0.717) is 0 Å². The molecule has 0 aromatic heterocycles. The molecule has 1 nitrogen and oxygen atoms in total. The van der Waals surface area contributed by atoms with E-state index < -0.39 is 0 Å². The predicted octanol–water partition coefficient (Wildman–Crippen LogP) is 1.31. The third kappa shape index (κ3) is 0.899. The van der Waals surface area contributed by atoms with E-state index in [1.54, 1.807) is 11.8 Å². The molecular weight excluding hydrogens is 101 g/mol. The van der Waals surface area contributed by atoms with Gasteiger partial charge in [0.05, 0.1) is 5.55 Å². The van der Waals surface area contributed by atoms with E-state index in [9.17, 15) is 0 Å². The summed E-state index contributed by atoms with van der Waals surface area (Å²) in [6.45, 7) is 0. The first kappa shape index (κ1) is 3.63. The second-order valence-electron chi connectivity index (χ2n) is 0.704. The van der Waals surface area contributed by atoms with Gasteiger partial charge in [-0.1, -0.05) is 0 Å². The van der Waals surface area contributed by atoms with Crippen LogP contribution in [0.3, 0.4) is 0 Å². The quantitative estimate of drug-likeness (QED) is 0.423. The number of thioether (sulfide) groups is 1. The van der Waals surface area contributed by atoms with Gasteiger partial charge in [-0.15, -0.1) is 11.8 Å². The molecule has 0 saturated carbocycles. The van der Waals surface area contributed by atoms with Gasteiger partial charge in [0, 0.05) is 14.2 Å². The molecule has 0 fully saturated rings. The Morgan fingerprint density at radius 2 is 3.00 bits per heavy atom. The summed E-state index contributed by atoms with van der Waals surface area (Å²) in [7, 11) is 0.841. The molecule has 0 bridgehead atoms. The Morgan fingerprint density at radius 1 is 2.00 bits per heavy atom. The standard InChI is InChI=1S/C2H4NPS/c1-3-4-2-5-1/h1,4H,2H2. The van der Waals surface area contributed by atoms with E-state index >= 15 is 0 Å². The van der Waals surface area contributed by atoms with Gasteiger partial charge in [0.1, 0.15) is 0 Å². The first-order valence-electron chi connectivity index (χ1n) is 1.36. The summed E-state index contributed by atoms with van der Waals surface area (Å²) in [5, 5.41) is 0. The first-order valence-corrected chi connectivity index (χ1v) is 3.56. The fourth-order valence-corrected chi connectivity index (χ4v) is 1.68. The minimum Gasteiger partial charge on any atom is -0.265 e. The molecule has 0 amide bonds. The molecule has 0 aromatic rings. The van der Waals surface area contributed by atoms with Gasteiger partial charge in [-0.25, -0.2) is 0 Å². The molecule has 1 aliphatic rings. The molecule has 0 spiro atoms. The van der Waals surface area contributed by atoms with E-state index in [1.807, 2.05) is 5.55 Å². The van der Waals surface area contributed by atoms with Crippen molar-refractivity contribution in [3.05, 3.63) is 0 Å². The molecule has 0 radical (unpaired) electrons. The zero-order chi connectivity index (χ0) is 3.54. The van der Waals surface area contributed by atoms with Gasteiger partial charge in [-0.05, 0) is 0 Å². The van der Waals surface area contributed by atoms with Crippen LogP contribution in [-0.4, -0.2) is 11.0 Å². The molecule has 0 aliphatic carbocycles. The zero-order valence-corrected chi connectivity index (χ0v) is 4.46. The third-order valence-corrected chi connectivity index (χ3v) is 2.30. The normalized spacial score (nSPS) is 25.6. The lowest BCUT2D eigenvalue weighted by Gasteiger charge is -1.67. The summed E-state index contributed by atoms with van der Waals surface area (Å²) < 4.78 is 3.95. The molecule has 5 heavy (non-hydrogen) atoms. The lowest BCUT2D eigenvalue weighted by atomic mass is 11.7. The monoisotopic (exact) mass is 105 g/mol. The van der Waals surface area contributed by atoms with Gasteiger partial charge in [-0.3, -0.25) is 4.76 Å². The molecule has 0 N–H and O–H groups in total. The maximum atomic E-state index is 3.95. The topological polar surface area (TPSA) is 12.4 Å². The molecule has 1 heterocycles. The van der Waals surface area contributed by atoms with Crippen molar-refractivity contribution in [1.29, 1.82) is 0 Å². The van der Waals surface area contributed by atoms with Crippen LogP contribution in [0.4, 0.5) is 0 Å². The van der Waals surface area contributed by atoms with Crippen LogP contribution in [0.15, 0.2) is 4.76 Å². The van der Waals surface area contributed by atoms with Gasteiger partial charge in [-0.2, -0.15) is 0 Å². The second kappa shape index (κ2) is 1.78. The Bertz CT molecular complexity index is 47.6. The number of hydrogen-bond donors (Lipinski definition) is 0. The van der Waals surface area contributed by atoms with E-state index in [0.717, 1.165) is 8.73 Å². The van der Waals surface area contributed by atoms with Crippen LogP contribution in [-0.2, 0) is 0 Å². The number of rotatable bonds is 0. The minimum atomic E-state index is 0.841. The Hall–Kier alpha value is 0.450. The molecule has 1 rings (SSSR count). The average molecular weight is 105 g/mol. The molecule has 3 heteroatoms. The minimum absolute atomic E-state index is 0.841. The molecule has 28 valence electrons. The summed E-state index contributed by atoms with van der Waals surface area (Å²) in [6.07, 6.45) is 0. The van der Waals surface area contributed by atoms with Crippen LogP contribution in [0.1, 0.15) is 0 Å². The summed E-state index contributed by atoms with van der Waals surface area (Å²) in [5.74, 6) is 0. The lowest BCUT2D eigenvalue weighted by Crippen LogP contribution is -1.45. The maximum Gasteiger partial charge on any atom is 0.0586 e. The van der Waals surface area contributed by atoms with Crippen molar-refractivity contribution in [1.82, 2.24) is 0 Å². The molecule has 1 aliphatic heterocycles. The van der Waals surface area contributed by atoms with Gasteiger partial charge in [0.25, 0.3) is 0 Å². The van der Waals surface area contributed by atoms with E-state index in [1.165, 1.54) is 5.49 Å². The van der Waals surface area contributed by atoms with Crippen molar-refractivity contribution in [2.24, 2.45) is 4.76 Å². The molecule has 1 atom stereocenters. The smallest absolute Gasteiger partial charge is 0.0586 e. The van der Waals surface area contributed by atoms with Crippen LogP contribution in [0.2, 0.25) is 0 Å². The van der Waals surface area contributed by atoms with E-state index in [2.05, 4.69) is 4.76 Å². The molecule has 1 unspecified atom stereocenters. The van der Waals surface area contributed by atoms with Gasteiger partial charge < -0.3 is 0 Å². The second-order valence-corrected chi connectivity index (χ2v) is 2.98. The summed E-state index contributed by atoms with van der Waals surface area (Å²) in [6, 6.07) is 0. The number of hydrogen-bond acceptors (Lipinski definition) is 2. The third-order valence-electron chi connectivity index (χ3n) is 0.366. The zero-order valence-electron chi connectivity index (χ0n) is 2.64. The van der Waals surface area contributed by atoms with Crippen LogP contribution in [0.25, 0.3) is 0 Å². The summed E-state index contributed by atoms with van der Waals surface area (Å²) in [5.41, 5.74) is 3.14. The lowest BCUT2D eigenvalue weighted by molar-refractivity contribution is 1.98. The Kier molecular flexibility index (Phi) is 1.30. The van der Waals surface area contributed by atoms with E-state index in [-0.39, 0.29) is 0 Å². The highest BCUT2D eigenvalue weighted by Crippen LogP contribution is 2.24. The van der Waals surface area contributed by atoms with Crippen molar-refractivity contribution >= 4 is 26.0 Å². The van der Waals surface area contributed by atoms with Gasteiger partial charge >= 0.3 is 0 Å². The van der Waals surface area contributed by atoms with Gasteiger partial charge in [0.2, 0.25) is 0 Å². The fourth-order valence-electron chi connectivity index (χ4n) is 0.186. The summed E-state index contributed by atoms with van der Waals surface area (Å²) in [4.78, 5) is 0. The van der Waals surface area contributed by atoms with Crippen molar-refractivity contribution in [2.75, 3.05) is 5.49 Å². The van der Waals surface area contributed by atoms with Crippen molar-refractivity contribution in [3.63, 3.8) is 0 Å². The van der Waals surface area contributed by atoms with Crippen LogP contribution in [0, 0.1) is 0 Å². The first-order chi connectivity index (χ1) is 2.50. The highest BCUT2D eigenvalue weighted by atomic mass is 32.2. The fraction of sp³-hybridized carbons (Fsp3) is 0.500. The molecular formula is C2H4NPS. The summed E-state index contributed by atoms with van der Waals surface area (Å²) >= 11 is 1.79. The van der Waals surface area contributed by atoms with Crippen LogP contribution >= 0.6 is 20.5 Å². The van der Waals surface area contributed by atoms with Crippen molar-refractivity contribution < 1.29 is 0 Å². The Morgan fingerprint density at radius 3 is 3.20 bits per heavy atom. The largest absolute Gasteiger partial charge is 0.265 e. The molecule has 0 aromatic carbocycles. The molecule has 0 saturated heterocycles. The predicted molar refractivity (Wildman–Crippen MR) is 29.3 cm³/mol. The Balaban J connectivity index is 2.32. The maximum absolute atomic E-state index is 3.95. The number of nitrogens with zero attached hydrogens (tertiary/aromatic N) is 1. The van der Waals surface area contributed by atoms with E-state index in [4.69, 9.17) is 0 Å². The Labute approximate surface area is 37.1 Å². The van der Waals surface area contributed by atoms with Crippen molar-refractivity contribution in [3.8, 4) is 0 Å². The van der Waals surface area contributed by atoms with Crippen LogP contribution < -0.4 is 0 Å². The highest BCUT2D eigenvalue weighted by Gasteiger charge is 1.86. The highest BCUT2D eigenvalue weighted by molar-refractivity contribution is 8.16. The van der Waals surface area contributed by atoms with Crippen LogP contribution in [0.5, 0.6) is 0 Å². The average Bonchev–Trinajstić information content (AvgIpc) is 1.76.